The Balaban J connectivity index is 1.61. The van der Waals surface area contributed by atoms with Crippen LogP contribution in [0, 0.1) is 12.8 Å². The van der Waals surface area contributed by atoms with E-state index in [0.717, 1.165) is 5.69 Å². The summed E-state index contributed by atoms with van der Waals surface area (Å²) in [4.78, 5) is 27.2. The zero-order chi connectivity index (χ0) is 20.3. The monoisotopic (exact) mass is 386 g/mol. The highest BCUT2D eigenvalue weighted by Gasteiger charge is 2.28. The van der Waals surface area contributed by atoms with Crippen LogP contribution in [0.15, 0.2) is 24.3 Å². The van der Waals surface area contributed by atoms with Crippen LogP contribution in [0.4, 0.5) is 5.82 Å². The minimum atomic E-state index is -0.126. The van der Waals surface area contributed by atoms with Gasteiger partial charge in [0.25, 0.3) is 5.91 Å². The van der Waals surface area contributed by atoms with Gasteiger partial charge in [-0.1, -0.05) is 0 Å². The van der Waals surface area contributed by atoms with E-state index in [0.29, 0.717) is 48.8 Å². The molecule has 1 aromatic carbocycles. The lowest BCUT2D eigenvalue weighted by Gasteiger charge is -2.31. The number of carbonyl (C=O) groups excluding carboxylic acids is 2. The first kappa shape index (κ1) is 19.7. The maximum atomic E-state index is 12.9. The molecule has 0 spiro atoms. The van der Waals surface area contributed by atoms with E-state index in [4.69, 9.17) is 9.47 Å². The molecular weight excluding hydrogens is 360 g/mol. The molecule has 0 saturated carbocycles. The van der Waals surface area contributed by atoms with Crippen molar-refractivity contribution in [3.05, 3.63) is 35.5 Å². The number of rotatable bonds is 5. The maximum Gasteiger partial charge on any atom is 0.254 e. The molecule has 2 aromatic rings. The first-order valence-electron chi connectivity index (χ1n) is 9.25. The summed E-state index contributed by atoms with van der Waals surface area (Å²) in [5.41, 5.74) is 1.37. The number of methoxy groups -OCH3 is 2. The average molecular weight is 386 g/mol. The van der Waals surface area contributed by atoms with Crippen LogP contribution in [0.1, 0.15) is 28.9 Å². The van der Waals surface area contributed by atoms with Crippen LogP contribution in [-0.4, -0.2) is 53.8 Å². The molecule has 1 fully saturated rings. The first-order chi connectivity index (χ1) is 13.4. The normalized spacial score (nSPS) is 14.6. The highest BCUT2D eigenvalue weighted by Crippen LogP contribution is 2.26. The van der Waals surface area contributed by atoms with Crippen molar-refractivity contribution >= 4 is 17.6 Å². The second kappa shape index (κ2) is 8.33. The molecule has 28 heavy (non-hydrogen) atoms. The van der Waals surface area contributed by atoms with E-state index in [1.165, 1.54) is 0 Å². The number of likely N-dealkylation sites (tertiary alicyclic amines) is 1. The van der Waals surface area contributed by atoms with Crippen LogP contribution in [0.25, 0.3) is 0 Å². The van der Waals surface area contributed by atoms with Crippen LogP contribution in [0.5, 0.6) is 11.5 Å². The van der Waals surface area contributed by atoms with Gasteiger partial charge in [-0.2, -0.15) is 5.10 Å². The Morgan fingerprint density at radius 2 is 1.68 bits per heavy atom. The minimum Gasteiger partial charge on any atom is -0.497 e. The Morgan fingerprint density at radius 1 is 1.07 bits per heavy atom. The quantitative estimate of drug-likeness (QED) is 0.852. The number of piperidine rings is 1. The molecule has 1 N–H and O–H groups in total. The van der Waals surface area contributed by atoms with Crippen LogP contribution < -0.4 is 14.8 Å². The maximum absolute atomic E-state index is 12.9. The van der Waals surface area contributed by atoms with Gasteiger partial charge in [0.2, 0.25) is 5.91 Å². The fourth-order valence-electron chi connectivity index (χ4n) is 3.41. The fourth-order valence-corrected chi connectivity index (χ4v) is 3.41. The summed E-state index contributed by atoms with van der Waals surface area (Å²) in [5.74, 6) is 1.59. The van der Waals surface area contributed by atoms with Gasteiger partial charge in [-0.25, -0.2) is 0 Å². The SMILES string of the molecule is COc1cc(OC)cc(C(=O)N2CCC(C(=O)Nc3cc(C)nn3C)CC2)c1. The molecule has 2 amide bonds. The molecule has 0 radical (unpaired) electrons. The summed E-state index contributed by atoms with van der Waals surface area (Å²) >= 11 is 0. The third-order valence-electron chi connectivity index (χ3n) is 5.00. The Bertz CT molecular complexity index is 847. The van der Waals surface area contributed by atoms with Crippen molar-refractivity contribution in [2.45, 2.75) is 19.8 Å². The van der Waals surface area contributed by atoms with Crippen molar-refractivity contribution in [3.8, 4) is 11.5 Å². The third-order valence-corrected chi connectivity index (χ3v) is 5.00. The molecule has 150 valence electrons. The van der Waals surface area contributed by atoms with E-state index < -0.39 is 0 Å². The highest BCUT2D eigenvalue weighted by molar-refractivity contribution is 5.96. The number of aromatic nitrogens is 2. The van der Waals surface area contributed by atoms with E-state index >= 15 is 0 Å². The number of carbonyl (C=O) groups is 2. The number of ether oxygens (including phenoxy) is 2. The molecule has 1 aliphatic heterocycles. The fraction of sp³-hybridized carbons (Fsp3) is 0.450. The third kappa shape index (κ3) is 4.27. The summed E-state index contributed by atoms with van der Waals surface area (Å²) in [6, 6.07) is 6.98. The van der Waals surface area contributed by atoms with Crippen LogP contribution >= 0.6 is 0 Å². The van der Waals surface area contributed by atoms with Gasteiger partial charge < -0.3 is 19.7 Å². The van der Waals surface area contributed by atoms with Gasteiger partial charge in [0.1, 0.15) is 17.3 Å². The topological polar surface area (TPSA) is 85.7 Å². The van der Waals surface area contributed by atoms with E-state index in [2.05, 4.69) is 10.4 Å². The van der Waals surface area contributed by atoms with Gasteiger partial charge in [-0.3, -0.25) is 14.3 Å². The summed E-state index contributed by atoms with van der Waals surface area (Å²) < 4.78 is 12.1. The number of nitrogens with one attached hydrogen (secondary N) is 1. The number of benzene rings is 1. The molecule has 1 aliphatic rings. The number of hydrogen-bond acceptors (Lipinski definition) is 5. The van der Waals surface area contributed by atoms with Gasteiger partial charge >= 0.3 is 0 Å². The van der Waals surface area contributed by atoms with Crippen LogP contribution in [0.3, 0.4) is 0 Å². The molecule has 8 nitrogen and oxygen atoms in total. The van der Waals surface area contributed by atoms with Gasteiger partial charge in [-0.05, 0) is 31.9 Å². The zero-order valence-corrected chi connectivity index (χ0v) is 16.7. The zero-order valence-electron chi connectivity index (χ0n) is 16.7. The number of hydrogen-bond donors (Lipinski definition) is 1. The number of aryl methyl sites for hydroxylation is 2. The predicted molar refractivity (Wildman–Crippen MR) is 105 cm³/mol. The molecule has 2 heterocycles. The molecular formula is C20H26N4O4. The van der Waals surface area contributed by atoms with Crippen molar-refractivity contribution in [1.29, 1.82) is 0 Å². The lowest BCUT2D eigenvalue weighted by Crippen LogP contribution is -2.41. The van der Waals surface area contributed by atoms with Crippen molar-refractivity contribution in [1.82, 2.24) is 14.7 Å². The molecule has 1 aromatic heterocycles. The summed E-state index contributed by atoms with van der Waals surface area (Å²) in [6.07, 6.45) is 1.24. The summed E-state index contributed by atoms with van der Waals surface area (Å²) in [7, 11) is 4.90. The first-order valence-corrected chi connectivity index (χ1v) is 9.25. The summed E-state index contributed by atoms with van der Waals surface area (Å²) in [6.45, 7) is 2.94. The standard InChI is InChI=1S/C20H26N4O4/c1-13-9-18(23(2)22-13)21-19(25)14-5-7-24(8-6-14)20(26)15-10-16(27-3)12-17(11-15)28-4/h9-12,14H,5-8H2,1-4H3,(H,21,25). The Morgan fingerprint density at radius 3 is 2.18 bits per heavy atom. The summed E-state index contributed by atoms with van der Waals surface area (Å²) in [5, 5.41) is 7.17. The Hall–Kier alpha value is -3.03. The molecule has 0 atom stereocenters. The van der Waals surface area contributed by atoms with Gasteiger partial charge in [0.15, 0.2) is 0 Å². The van der Waals surface area contributed by atoms with Crippen molar-refractivity contribution in [2.75, 3.05) is 32.6 Å². The lowest BCUT2D eigenvalue weighted by atomic mass is 9.95. The molecule has 0 unspecified atom stereocenters. The second-order valence-corrected chi connectivity index (χ2v) is 6.95. The molecule has 8 heteroatoms. The Kier molecular flexibility index (Phi) is 5.87. The van der Waals surface area contributed by atoms with E-state index in [1.807, 2.05) is 13.0 Å². The van der Waals surface area contributed by atoms with E-state index in [1.54, 1.807) is 49.0 Å². The van der Waals surface area contributed by atoms with Crippen molar-refractivity contribution < 1.29 is 19.1 Å². The molecule has 0 bridgehead atoms. The van der Waals surface area contributed by atoms with Crippen molar-refractivity contribution in [3.63, 3.8) is 0 Å². The minimum absolute atomic E-state index is 0.0295. The van der Waals surface area contributed by atoms with Gasteiger partial charge in [-0.15, -0.1) is 0 Å². The van der Waals surface area contributed by atoms with E-state index in [9.17, 15) is 9.59 Å². The van der Waals surface area contributed by atoms with Gasteiger partial charge in [0.05, 0.1) is 19.9 Å². The lowest BCUT2D eigenvalue weighted by molar-refractivity contribution is -0.121. The molecule has 1 saturated heterocycles. The largest absolute Gasteiger partial charge is 0.497 e. The van der Waals surface area contributed by atoms with Crippen LogP contribution in [-0.2, 0) is 11.8 Å². The Labute approximate surface area is 164 Å². The van der Waals surface area contributed by atoms with Crippen molar-refractivity contribution in [2.24, 2.45) is 13.0 Å². The van der Waals surface area contributed by atoms with E-state index in [-0.39, 0.29) is 17.7 Å². The second-order valence-electron chi connectivity index (χ2n) is 6.95. The average Bonchev–Trinajstić information content (AvgIpc) is 3.03. The molecule has 0 aliphatic carbocycles. The smallest absolute Gasteiger partial charge is 0.254 e. The highest BCUT2D eigenvalue weighted by atomic mass is 16.5. The van der Waals surface area contributed by atoms with Gasteiger partial charge in [0, 0.05) is 43.8 Å². The predicted octanol–water partition coefficient (Wildman–Crippen LogP) is 2.24. The van der Waals surface area contributed by atoms with Crippen LogP contribution in [0.2, 0.25) is 0 Å². The number of nitrogens with zero attached hydrogens (tertiary/aromatic N) is 3. The number of amides is 2. The molecule has 3 rings (SSSR count). The number of anilines is 1.